The summed E-state index contributed by atoms with van der Waals surface area (Å²) in [6.45, 7) is 11.0. The number of nitriles is 1. The summed E-state index contributed by atoms with van der Waals surface area (Å²) >= 11 is 0. The van der Waals surface area contributed by atoms with Gasteiger partial charge in [-0.2, -0.15) is 5.26 Å². The molecule has 4 nitrogen and oxygen atoms in total. The third kappa shape index (κ3) is 6.86. The molecule has 0 bridgehead atoms. The predicted octanol–water partition coefficient (Wildman–Crippen LogP) is 6.39. The molecule has 2 aliphatic carbocycles. The monoisotopic (exact) mass is 387 g/mol. The number of carbonyl (C=O) groups excluding carboxylic acids is 1. The lowest BCUT2D eigenvalue weighted by Crippen LogP contribution is -2.25. The zero-order valence-corrected chi connectivity index (χ0v) is 18.5. The standard InChI is InChI=1S/C20H28O3.C2H3N.C2H6/c1-20(2,3)19(21)23-13-22-16-11-10-15-9-8-14-6-4-5-7-17(14)18(15)12-16;1-2-3;1-2/h10-12,14,17H,4-9,13H2,1-3H3;1H3;1-2H3. The second kappa shape index (κ2) is 11.7. The van der Waals surface area contributed by atoms with Crippen LogP contribution in [0.5, 0.6) is 5.75 Å². The lowest BCUT2D eigenvalue weighted by Gasteiger charge is -2.37. The van der Waals surface area contributed by atoms with E-state index in [1.165, 1.54) is 56.6 Å². The van der Waals surface area contributed by atoms with Crippen molar-refractivity contribution >= 4 is 5.97 Å². The molecule has 28 heavy (non-hydrogen) atoms. The Morgan fingerprint density at radius 2 is 1.82 bits per heavy atom. The molecule has 4 heteroatoms. The number of fused-ring (bicyclic) bond motifs is 3. The highest BCUT2D eigenvalue weighted by atomic mass is 16.7. The lowest BCUT2D eigenvalue weighted by molar-refractivity contribution is -0.159. The van der Waals surface area contributed by atoms with E-state index in [1.807, 2.05) is 40.7 Å². The highest BCUT2D eigenvalue weighted by molar-refractivity contribution is 5.75. The van der Waals surface area contributed by atoms with Crippen molar-refractivity contribution in [3.63, 3.8) is 0 Å². The molecule has 0 aromatic heterocycles. The summed E-state index contributed by atoms with van der Waals surface area (Å²) in [7, 11) is 0. The van der Waals surface area contributed by atoms with Gasteiger partial charge < -0.3 is 9.47 Å². The van der Waals surface area contributed by atoms with E-state index in [0.717, 1.165) is 11.7 Å². The van der Waals surface area contributed by atoms with E-state index < -0.39 is 5.41 Å². The summed E-state index contributed by atoms with van der Waals surface area (Å²) in [6, 6.07) is 8.14. The molecule has 1 aromatic rings. The van der Waals surface area contributed by atoms with Crippen molar-refractivity contribution in [2.75, 3.05) is 6.79 Å². The molecule has 2 aliphatic rings. The number of carbonyl (C=O) groups is 1. The normalized spacial score (nSPS) is 19.9. The van der Waals surface area contributed by atoms with Crippen molar-refractivity contribution in [2.24, 2.45) is 11.3 Å². The molecule has 2 atom stereocenters. The van der Waals surface area contributed by atoms with Crippen LogP contribution in [-0.2, 0) is 16.0 Å². The molecular formula is C24H37NO3. The van der Waals surface area contributed by atoms with Gasteiger partial charge in [-0.15, -0.1) is 0 Å². The molecule has 3 rings (SSSR count). The second-order valence-corrected chi connectivity index (χ2v) is 8.22. The molecule has 0 radical (unpaired) electrons. The molecule has 0 heterocycles. The van der Waals surface area contributed by atoms with Crippen molar-refractivity contribution < 1.29 is 14.3 Å². The highest BCUT2D eigenvalue weighted by Crippen LogP contribution is 2.45. The van der Waals surface area contributed by atoms with Crippen LogP contribution in [0.2, 0.25) is 0 Å². The first-order valence-corrected chi connectivity index (χ1v) is 10.6. The van der Waals surface area contributed by atoms with E-state index in [0.29, 0.717) is 5.92 Å². The number of rotatable bonds is 3. The van der Waals surface area contributed by atoms with Crippen molar-refractivity contribution in [1.29, 1.82) is 5.26 Å². The highest BCUT2D eigenvalue weighted by Gasteiger charge is 2.31. The van der Waals surface area contributed by atoms with Gasteiger partial charge >= 0.3 is 5.97 Å². The van der Waals surface area contributed by atoms with Gasteiger partial charge in [0.15, 0.2) is 0 Å². The summed E-state index contributed by atoms with van der Waals surface area (Å²) in [4.78, 5) is 11.8. The number of hydrogen-bond donors (Lipinski definition) is 0. The Balaban J connectivity index is 0.000000717. The summed E-state index contributed by atoms with van der Waals surface area (Å²) in [5, 5.41) is 7.32. The first kappa shape index (κ1) is 24.0. The Labute approximate surface area is 171 Å². The predicted molar refractivity (Wildman–Crippen MR) is 113 cm³/mol. The van der Waals surface area contributed by atoms with E-state index in [1.54, 1.807) is 6.07 Å². The zero-order chi connectivity index (χ0) is 21.2. The maximum absolute atomic E-state index is 11.8. The number of esters is 1. The first-order chi connectivity index (χ1) is 13.4. The molecule has 1 saturated carbocycles. The fourth-order valence-corrected chi connectivity index (χ4v) is 3.91. The molecule has 0 saturated heterocycles. The summed E-state index contributed by atoms with van der Waals surface area (Å²) in [6.07, 6.45) is 7.93. The maximum Gasteiger partial charge on any atom is 0.314 e. The van der Waals surface area contributed by atoms with E-state index in [9.17, 15) is 4.79 Å². The fraction of sp³-hybridized carbons (Fsp3) is 0.667. The Morgan fingerprint density at radius 1 is 1.18 bits per heavy atom. The SMILES string of the molecule is CC.CC#N.CC(C)(C)C(=O)OCOc1ccc2c(c1)C1CCCCC1CC2. The molecule has 0 spiro atoms. The number of ether oxygens (including phenoxy) is 2. The summed E-state index contributed by atoms with van der Waals surface area (Å²) < 4.78 is 10.9. The Kier molecular flexibility index (Phi) is 10.1. The third-order valence-corrected chi connectivity index (χ3v) is 5.24. The van der Waals surface area contributed by atoms with Crippen LogP contribution in [0.15, 0.2) is 18.2 Å². The van der Waals surface area contributed by atoms with Crippen LogP contribution in [-0.4, -0.2) is 12.8 Å². The van der Waals surface area contributed by atoms with Gasteiger partial charge in [0.05, 0.1) is 11.5 Å². The average Bonchev–Trinajstić information content (AvgIpc) is 2.69. The quantitative estimate of drug-likeness (QED) is 0.445. The van der Waals surface area contributed by atoms with E-state index in [-0.39, 0.29) is 12.8 Å². The topological polar surface area (TPSA) is 59.3 Å². The van der Waals surface area contributed by atoms with E-state index >= 15 is 0 Å². The third-order valence-electron chi connectivity index (χ3n) is 5.24. The van der Waals surface area contributed by atoms with Crippen LogP contribution in [0, 0.1) is 22.7 Å². The van der Waals surface area contributed by atoms with Crippen molar-refractivity contribution in [3.05, 3.63) is 29.3 Å². The minimum Gasteiger partial charge on any atom is -0.457 e. The number of hydrogen-bond acceptors (Lipinski definition) is 4. The second-order valence-electron chi connectivity index (χ2n) is 8.22. The fourth-order valence-electron chi connectivity index (χ4n) is 3.91. The lowest BCUT2D eigenvalue weighted by atomic mass is 9.68. The van der Waals surface area contributed by atoms with Crippen LogP contribution in [0.1, 0.15) is 90.7 Å². The number of benzene rings is 1. The summed E-state index contributed by atoms with van der Waals surface area (Å²) in [5.74, 6) is 2.14. The molecule has 0 N–H and O–H groups in total. The van der Waals surface area contributed by atoms with Gasteiger partial charge in [0.25, 0.3) is 0 Å². The number of aryl methyl sites for hydroxylation is 1. The number of nitrogens with zero attached hydrogens (tertiary/aromatic N) is 1. The van der Waals surface area contributed by atoms with Crippen LogP contribution in [0.3, 0.4) is 0 Å². The Bertz CT molecular complexity index is 655. The van der Waals surface area contributed by atoms with Gasteiger partial charge in [0, 0.05) is 6.92 Å². The van der Waals surface area contributed by atoms with Crippen LogP contribution in [0.4, 0.5) is 0 Å². The molecule has 156 valence electrons. The van der Waals surface area contributed by atoms with Crippen LogP contribution in [0.25, 0.3) is 0 Å². The van der Waals surface area contributed by atoms with Crippen LogP contribution < -0.4 is 4.74 Å². The molecule has 2 unspecified atom stereocenters. The van der Waals surface area contributed by atoms with E-state index in [2.05, 4.69) is 12.1 Å². The maximum atomic E-state index is 11.8. The molecule has 1 aromatic carbocycles. The van der Waals surface area contributed by atoms with Gasteiger partial charge in [-0.05, 0) is 81.5 Å². The van der Waals surface area contributed by atoms with Gasteiger partial charge in [-0.3, -0.25) is 4.79 Å². The van der Waals surface area contributed by atoms with Crippen molar-refractivity contribution in [1.82, 2.24) is 0 Å². The van der Waals surface area contributed by atoms with Crippen molar-refractivity contribution in [2.45, 2.75) is 86.0 Å². The Morgan fingerprint density at radius 3 is 2.46 bits per heavy atom. The summed E-state index contributed by atoms with van der Waals surface area (Å²) in [5.41, 5.74) is 2.46. The first-order valence-electron chi connectivity index (χ1n) is 10.6. The minimum absolute atomic E-state index is 0.0109. The van der Waals surface area contributed by atoms with Crippen molar-refractivity contribution in [3.8, 4) is 11.8 Å². The smallest absolute Gasteiger partial charge is 0.314 e. The van der Waals surface area contributed by atoms with E-state index in [4.69, 9.17) is 14.7 Å². The molecule has 1 fully saturated rings. The van der Waals surface area contributed by atoms with Crippen LogP contribution >= 0.6 is 0 Å². The molecule has 0 amide bonds. The van der Waals surface area contributed by atoms with Gasteiger partial charge in [0.1, 0.15) is 5.75 Å². The Hall–Kier alpha value is -2.02. The minimum atomic E-state index is -0.492. The molecular weight excluding hydrogens is 350 g/mol. The molecule has 0 aliphatic heterocycles. The largest absolute Gasteiger partial charge is 0.457 e. The average molecular weight is 388 g/mol. The van der Waals surface area contributed by atoms with Gasteiger partial charge in [0.2, 0.25) is 6.79 Å². The zero-order valence-electron chi connectivity index (χ0n) is 18.5. The van der Waals surface area contributed by atoms with Gasteiger partial charge in [-0.1, -0.05) is 32.8 Å². The van der Waals surface area contributed by atoms with Gasteiger partial charge in [-0.25, -0.2) is 0 Å².